The van der Waals surface area contributed by atoms with Gasteiger partial charge in [0.05, 0.1) is 6.61 Å². The van der Waals surface area contributed by atoms with Crippen LogP contribution in [0.2, 0.25) is 0 Å². The number of carbonyl (C=O) groups is 1. The summed E-state index contributed by atoms with van der Waals surface area (Å²) in [5, 5.41) is 0. The van der Waals surface area contributed by atoms with Gasteiger partial charge in [0.25, 0.3) is 0 Å². The lowest BCUT2D eigenvalue weighted by atomic mass is 9.99. The third-order valence-electron chi connectivity index (χ3n) is 6.25. The average Bonchev–Trinajstić information content (AvgIpc) is 2.90. The Balaban J connectivity index is 1.51. The summed E-state index contributed by atoms with van der Waals surface area (Å²) in [6, 6.07) is 0. The maximum atomic E-state index is 10.9. The third-order valence-corrected chi connectivity index (χ3v) is 6.25. The molecule has 2 bridgehead atoms. The number of ether oxygens (including phenoxy) is 1. The molecule has 0 spiro atoms. The standard InChI is InChI=1S/C12H14O2/c1-4(13)14-3-12-9-5-2-6(10(9)12)8-7(5)11(8)12/h5-11H,2-3H2,1H3. The van der Waals surface area contributed by atoms with Gasteiger partial charge in [-0.3, -0.25) is 4.79 Å². The van der Waals surface area contributed by atoms with E-state index in [-0.39, 0.29) is 5.97 Å². The van der Waals surface area contributed by atoms with Crippen LogP contribution in [-0.2, 0) is 9.53 Å². The molecular weight excluding hydrogens is 176 g/mol. The van der Waals surface area contributed by atoms with Crippen molar-refractivity contribution in [2.45, 2.75) is 13.3 Å². The van der Waals surface area contributed by atoms with Crippen molar-refractivity contribution >= 4 is 5.97 Å². The topological polar surface area (TPSA) is 26.3 Å². The van der Waals surface area contributed by atoms with Crippen molar-refractivity contribution in [1.29, 1.82) is 0 Å². The van der Waals surface area contributed by atoms with E-state index in [4.69, 9.17) is 4.74 Å². The largest absolute Gasteiger partial charge is 0.465 e. The predicted octanol–water partition coefficient (Wildman–Crippen LogP) is 1.31. The van der Waals surface area contributed by atoms with Gasteiger partial charge in [-0.1, -0.05) is 0 Å². The van der Waals surface area contributed by atoms with Crippen molar-refractivity contribution in [3.05, 3.63) is 0 Å². The molecule has 2 nitrogen and oxygen atoms in total. The first kappa shape index (κ1) is 6.86. The Bertz CT molecular complexity index is 347. The van der Waals surface area contributed by atoms with Crippen LogP contribution in [-0.4, -0.2) is 12.6 Å². The molecule has 14 heavy (non-hydrogen) atoms. The van der Waals surface area contributed by atoms with Crippen LogP contribution in [0.5, 0.6) is 0 Å². The highest BCUT2D eigenvalue weighted by molar-refractivity contribution is 5.66. The van der Waals surface area contributed by atoms with E-state index in [9.17, 15) is 4.79 Å². The lowest BCUT2D eigenvalue weighted by Crippen LogP contribution is -2.17. The quantitative estimate of drug-likeness (QED) is 0.614. The van der Waals surface area contributed by atoms with Crippen LogP contribution in [0.4, 0.5) is 0 Å². The summed E-state index contributed by atoms with van der Waals surface area (Å²) < 4.78 is 5.29. The van der Waals surface area contributed by atoms with E-state index in [1.54, 1.807) is 6.92 Å². The second-order valence-electron chi connectivity index (χ2n) is 6.19. The Morgan fingerprint density at radius 1 is 1.29 bits per heavy atom. The summed E-state index contributed by atoms with van der Waals surface area (Å²) in [4.78, 5) is 10.9. The summed E-state index contributed by atoms with van der Waals surface area (Å²) >= 11 is 0. The minimum Gasteiger partial charge on any atom is -0.465 e. The highest BCUT2D eigenvalue weighted by Gasteiger charge is 2.97. The fraction of sp³-hybridized carbons (Fsp3) is 0.917. The Kier molecular flexibility index (Phi) is 0.763. The molecule has 0 amide bonds. The molecule has 0 saturated heterocycles. The van der Waals surface area contributed by atoms with Crippen LogP contribution in [0.15, 0.2) is 0 Å². The summed E-state index contributed by atoms with van der Waals surface area (Å²) in [5.74, 6) is 7.21. The Morgan fingerprint density at radius 3 is 2.36 bits per heavy atom. The average molecular weight is 190 g/mol. The van der Waals surface area contributed by atoms with Crippen molar-refractivity contribution in [2.24, 2.45) is 46.8 Å². The van der Waals surface area contributed by atoms with E-state index in [2.05, 4.69) is 0 Å². The van der Waals surface area contributed by atoms with E-state index >= 15 is 0 Å². The van der Waals surface area contributed by atoms with Crippen molar-refractivity contribution < 1.29 is 9.53 Å². The van der Waals surface area contributed by atoms with Crippen molar-refractivity contribution in [1.82, 2.24) is 0 Å². The predicted molar refractivity (Wildman–Crippen MR) is 48.1 cm³/mol. The minimum atomic E-state index is -0.0833. The second-order valence-corrected chi connectivity index (χ2v) is 6.19. The molecule has 6 saturated carbocycles. The van der Waals surface area contributed by atoms with Gasteiger partial charge in [-0.05, 0) is 47.8 Å². The van der Waals surface area contributed by atoms with E-state index < -0.39 is 0 Å². The molecule has 2 heteroatoms. The van der Waals surface area contributed by atoms with Gasteiger partial charge in [0.15, 0.2) is 0 Å². The summed E-state index contributed by atoms with van der Waals surface area (Å²) in [7, 11) is 0. The molecule has 0 aromatic rings. The normalized spacial score (nSPS) is 72.5. The SMILES string of the molecule is CC(=O)OCC12C3C4C5CC(C43)C1C52. The molecule has 6 aliphatic rings. The zero-order chi connectivity index (χ0) is 9.24. The van der Waals surface area contributed by atoms with Crippen LogP contribution < -0.4 is 0 Å². The van der Waals surface area contributed by atoms with Gasteiger partial charge in [-0.15, -0.1) is 0 Å². The van der Waals surface area contributed by atoms with Gasteiger partial charge in [0.2, 0.25) is 0 Å². The number of carbonyl (C=O) groups excluding carboxylic acids is 1. The lowest BCUT2D eigenvalue weighted by Gasteiger charge is -2.13. The van der Waals surface area contributed by atoms with Crippen LogP contribution in [0, 0.1) is 46.8 Å². The molecule has 6 aliphatic carbocycles. The number of hydrogen-bond donors (Lipinski definition) is 0. The van der Waals surface area contributed by atoms with Gasteiger partial charge in [-0.2, -0.15) is 0 Å². The molecule has 0 N–H and O–H groups in total. The minimum absolute atomic E-state index is 0.0833. The van der Waals surface area contributed by atoms with Crippen molar-refractivity contribution in [2.75, 3.05) is 6.61 Å². The van der Waals surface area contributed by atoms with Gasteiger partial charge in [0.1, 0.15) is 0 Å². The second kappa shape index (κ2) is 1.56. The molecule has 6 rings (SSSR count). The van der Waals surface area contributed by atoms with Crippen LogP contribution in [0.25, 0.3) is 0 Å². The molecule has 6 atom stereocenters. The van der Waals surface area contributed by atoms with Crippen LogP contribution >= 0.6 is 0 Å². The smallest absolute Gasteiger partial charge is 0.302 e. The number of esters is 1. The van der Waals surface area contributed by atoms with Gasteiger partial charge < -0.3 is 4.74 Å². The monoisotopic (exact) mass is 190 g/mol. The van der Waals surface area contributed by atoms with Gasteiger partial charge >= 0.3 is 5.97 Å². The zero-order valence-electron chi connectivity index (χ0n) is 8.27. The molecule has 0 aromatic carbocycles. The lowest BCUT2D eigenvalue weighted by molar-refractivity contribution is -0.143. The van der Waals surface area contributed by atoms with E-state index in [1.807, 2.05) is 0 Å². The van der Waals surface area contributed by atoms with Gasteiger partial charge in [-0.25, -0.2) is 0 Å². The highest BCUT2D eigenvalue weighted by atomic mass is 16.5. The molecule has 0 radical (unpaired) electrons. The maximum Gasteiger partial charge on any atom is 0.302 e. The third kappa shape index (κ3) is 0.409. The first-order valence-electron chi connectivity index (χ1n) is 5.90. The van der Waals surface area contributed by atoms with Crippen molar-refractivity contribution in [3.63, 3.8) is 0 Å². The molecule has 0 aliphatic heterocycles. The van der Waals surface area contributed by atoms with E-state index in [0.29, 0.717) is 5.41 Å². The van der Waals surface area contributed by atoms with Crippen LogP contribution in [0.3, 0.4) is 0 Å². The van der Waals surface area contributed by atoms with Crippen molar-refractivity contribution in [3.8, 4) is 0 Å². The fourth-order valence-electron chi connectivity index (χ4n) is 6.39. The molecule has 6 unspecified atom stereocenters. The Hall–Kier alpha value is -0.530. The molecule has 0 aromatic heterocycles. The Labute approximate surface area is 83.0 Å². The molecular formula is C12H14O2. The molecule has 74 valence electrons. The summed E-state index contributed by atoms with van der Waals surface area (Å²) in [6.45, 7) is 2.31. The fourth-order valence-corrected chi connectivity index (χ4v) is 6.39. The summed E-state index contributed by atoms with van der Waals surface area (Å²) in [6.07, 6.45) is 1.53. The molecule has 6 fully saturated rings. The van der Waals surface area contributed by atoms with Crippen LogP contribution in [0.1, 0.15) is 13.3 Å². The molecule has 0 heterocycles. The summed E-state index contributed by atoms with van der Waals surface area (Å²) in [5.41, 5.74) is 0.536. The first-order valence-corrected chi connectivity index (χ1v) is 5.90. The van der Waals surface area contributed by atoms with E-state index in [1.165, 1.54) is 6.42 Å². The zero-order valence-corrected chi connectivity index (χ0v) is 8.27. The van der Waals surface area contributed by atoms with Gasteiger partial charge in [0, 0.05) is 12.3 Å². The number of rotatable bonds is 2. The Morgan fingerprint density at radius 2 is 1.93 bits per heavy atom. The number of hydrogen-bond acceptors (Lipinski definition) is 2. The van der Waals surface area contributed by atoms with E-state index in [0.717, 1.165) is 48.0 Å². The maximum absolute atomic E-state index is 10.9. The highest BCUT2D eigenvalue weighted by Crippen LogP contribution is 2.99. The first-order chi connectivity index (χ1) is 6.77.